The lowest BCUT2D eigenvalue weighted by Gasteiger charge is -2.22. The molecule has 2 heterocycles. The largest absolute Gasteiger partial charge is 0.396 e. The van der Waals surface area contributed by atoms with E-state index < -0.39 is 0 Å². The highest BCUT2D eigenvalue weighted by Crippen LogP contribution is 2.51. The van der Waals surface area contributed by atoms with Crippen molar-refractivity contribution in [3.05, 3.63) is 29.1 Å². The van der Waals surface area contributed by atoms with Gasteiger partial charge in [0, 0.05) is 37.9 Å². The van der Waals surface area contributed by atoms with Gasteiger partial charge in [-0.25, -0.2) is 0 Å². The summed E-state index contributed by atoms with van der Waals surface area (Å²) in [6.45, 7) is 9.58. The first-order valence-electron chi connectivity index (χ1n) is 7.66. The average Bonchev–Trinajstić information content (AvgIpc) is 2.91. The Balaban J connectivity index is 1.69. The fourth-order valence-corrected chi connectivity index (χ4v) is 3.67. The molecular formula is C17H23N3O. The molecule has 1 N–H and O–H groups in total. The maximum absolute atomic E-state index is 9.35. The fraction of sp³-hybridized carbons (Fsp3) is 0.647. The first-order chi connectivity index (χ1) is 9.94. The molecule has 0 aromatic carbocycles. The smallest absolute Gasteiger partial charge is 0.101 e. The number of hydrogen-bond donors (Lipinski definition) is 1. The van der Waals surface area contributed by atoms with Gasteiger partial charge in [-0.1, -0.05) is 20.8 Å². The summed E-state index contributed by atoms with van der Waals surface area (Å²) >= 11 is 0. The number of fused-ring (bicyclic) bond motifs is 1. The summed E-state index contributed by atoms with van der Waals surface area (Å²) in [5.74, 6) is 1.91. The number of nitriles is 1. The van der Waals surface area contributed by atoms with Gasteiger partial charge in [0.2, 0.25) is 0 Å². The molecule has 1 aromatic rings. The van der Waals surface area contributed by atoms with E-state index in [-0.39, 0.29) is 5.41 Å². The van der Waals surface area contributed by atoms with E-state index in [2.05, 4.69) is 36.7 Å². The molecule has 1 aliphatic heterocycles. The third-order valence-electron chi connectivity index (χ3n) is 4.84. The van der Waals surface area contributed by atoms with Crippen LogP contribution in [0.4, 0.5) is 0 Å². The highest BCUT2D eigenvalue weighted by molar-refractivity contribution is 5.39. The number of aromatic nitrogens is 1. The first kappa shape index (κ1) is 14.5. The van der Waals surface area contributed by atoms with E-state index in [4.69, 9.17) is 0 Å². The summed E-state index contributed by atoms with van der Waals surface area (Å²) < 4.78 is 0. The van der Waals surface area contributed by atoms with Gasteiger partial charge in [-0.2, -0.15) is 5.26 Å². The third kappa shape index (κ3) is 2.68. The van der Waals surface area contributed by atoms with Crippen molar-refractivity contribution >= 4 is 0 Å². The van der Waals surface area contributed by atoms with Gasteiger partial charge in [0.15, 0.2) is 0 Å². The van der Waals surface area contributed by atoms with Crippen LogP contribution in [0.3, 0.4) is 0 Å². The number of likely N-dealkylation sites (tertiary alicyclic amines) is 1. The van der Waals surface area contributed by atoms with Crippen LogP contribution >= 0.6 is 0 Å². The molecule has 1 aliphatic carbocycles. The first-order valence-corrected chi connectivity index (χ1v) is 7.66. The van der Waals surface area contributed by atoms with Gasteiger partial charge in [0.05, 0.1) is 11.3 Å². The lowest BCUT2D eigenvalue weighted by molar-refractivity contribution is 0.217. The Bertz CT molecular complexity index is 573. The summed E-state index contributed by atoms with van der Waals surface area (Å²) in [5, 5.41) is 18.5. The molecule has 3 atom stereocenters. The van der Waals surface area contributed by atoms with Crippen LogP contribution in [0.15, 0.2) is 12.3 Å². The summed E-state index contributed by atoms with van der Waals surface area (Å²) in [6, 6.07) is 4.27. The Labute approximate surface area is 126 Å². The van der Waals surface area contributed by atoms with E-state index in [1.54, 1.807) is 0 Å². The van der Waals surface area contributed by atoms with Crippen LogP contribution in [0.1, 0.15) is 37.6 Å². The van der Waals surface area contributed by atoms with Crippen molar-refractivity contribution in [2.24, 2.45) is 17.8 Å². The molecule has 4 heteroatoms. The molecule has 1 saturated carbocycles. The normalized spacial score (nSPS) is 28.2. The topological polar surface area (TPSA) is 60.1 Å². The van der Waals surface area contributed by atoms with Crippen LogP contribution in [0.5, 0.6) is 0 Å². The second-order valence-electron chi connectivity index (χ2n) is 7.47. The Kier molecular flexibility index (Phi) is 3.51. The molecule has 3 rings (SSSR count). The van der Waals surface area contributed by atoms with Crippen LogP contribution in [0.25, 0.3) is 0 Å². The van der Waals surface area contributed by atoms with E-state index in [9.17, 15) is 10.4 Å². The van der Waals surface area contributed by atoms with Gasteiger partial charge in [-0.15, -0.1) is 0 Å². The minimum absolute atomic E-state index is 0.104. The standard InChI is InChI=1S/C17H23N3O/c1-17(2,3)16-12(5-18)4-11(6-19-16)7-20-8-13-14(9-20)15(13)10-21/h4,6,13-15,21H,7-10H2,1-3H3/t13-,14+,15+. The van der Waals surface area contributed by atoms with Crippen molar-refractivity contribution < 1.29 is 5.11 Å². The molecule has 0 amide bonds. The molecule has 4 nitrogen and oxygen atoms in total. The molecule has 21 heavy (non-hydrogen) atoms. The van der Waals surface area contributed by atoms with Crippen LogP contribution in [0.2, 0.25) is 0 Å². The number of aliphatic hydroxyl groups is 1. The molecule has 0 unspecified atom stereocenters. The van der Waals surface area contributed by atoms with Gasteiger partial charge in [-0.05, 0) is 29.4 Å². The number of pyridine rings is 1. The maximum Gasteiger partial charge on any atom is 0.101 e. The molecule has 0 bridgehead atoms. The number of hydrogen-bond acceptors (Lipinski definition) is 4. The van der Waals surface area contributed by atoms with Gasteiger partial charge in [0.25, 0.3) is 0 Å². The third-order valence-corrected chi connectivity index (χ3v) is 4.84. The summed E-state index contributed by atoms with van der Waals surface area (Å²) in [5.41, 5.74) is 2.57. The molecule has 1 saturated heterocycles. The zero-order valence-electron chi connectivity index (χ0n) is 13.0. The van der Waals surface area contributed by atoms with Crippen molar-refractivity contribution in [3.8, 4) is 6.07 Å². The van der Waals surface area contributed by atoms with Crippen LogP contribution in [-0.4, -0.2) is 34.7 Å². The van der Waals surface area contributed by atoms with Crippen molar-refractivity contribution in [2.45, 2.75) is 32.7 Å². The van der Waals surface area contributed by atoms with Gasteiger partial charge >= 0.3 is 0 Å². The van der Waals surface area contributed by atoms with Crippen molar-refractivity contribution in [1.29, 1.82) is 5.26 Å². The maximum atomic E-state index is 9.35. The van der Waals surface area contributed by atoms with Crippen LogP contribution in [0, 0.1) is 29.1 Å². The highest BCUT2D eigenvalue weighted by atomic mass is 16.3. The summed E-state index contributed by atoms with van der Waals surface area (Å²) in [7, 11) is 0. The van der Waals surface area contributed by atoms with E-state index in [0.29, 0.717) is 29.9 Å². The Hall–Kier alpha value is -1.44. The second-order valence-corrected chi connectivity index (χ2v) is 7.47. The zero-order chi connectivity index (χ0) is 15.2. The number of nitrogens with zero attached hydrogens (tertiary/aromatic N) is 3. The quantitative estimate of drug-likeness (QED) is 0.921. The Morgan fingerprint density at radius 1 is 1.38 bits per heavy atom. The molecule has 2 aliphatic rings. The van der Waals surface area contributed by atoms with Gasteiger partial charge < -0.3 is 5.11 Å². The van der Waals surface area contributed by atoms with E-state index >= 15 is 0 Å². The van der Waals surface area contributed by atoms with Crippen molar-refractivity contribution in [1.82, 2.24) is 9.88 Å². The van der Waals surface area contributed by atoms with E-state index in [0.717, 1.165) is 30.9 Å². The fourth-order valence-electron chi connectivity index (χ4n) is 3.67. The number of piperidine rings is 1. The number of rotatable bonds is 3. The molecule has 2 fully saturated rings. The summed E-state index contributed by atoms with van der Waals surface area (Å²) in [4.78, 5) is 6.95. The van der Waals surface area contributed by atoms with E-state index in [1.165, 1.54) is 0 Å². The van der Waals surface area contributed by atoms with Gasteiger partial charge in [0.1, 0.15) is 6.07 Å². The molecule has 0 radical (unpaired) electrons. The SMILES string of the molecule is CC(C)(C)c1ncc(CN2C[C@@H]3[C@@H](CO)[C@@H]3C2)cc1C#N. The monoisotopic (exact) mass is 285 g/mol. The summed E-state index contributed by atoms with van der Waals surface area (Å²) in [6.07, 6.45) is 1.91. The van der Waals surface area contributed by atoms with Crippen molar-refractivity contribution in [2.75, 3.05) is 19.7 Å². The minimum Gasteiger partial charge on any atom is -0.396 e. The molecule has 1 aromatic heterocycles. The molecule has 0 spiro atoms. The van der Waals surface area contributed by atoms with Gasteiger partial charge in [-0.3, -0.25) is 9.88 Å². The predicted molar refractivity (Wildman–Crippen MR) is 80.5 cm³/mol. The molecule has 112 valence electrons. The van der Waals surface area contributed by atoms with E-state index in [1.807, 2.05) is 12.3 Å². The van der Waals surface area contributed by atoms with Crippen LogP contribution < -0.4 is 0 Å². The second kappa shape index (κ2) is 5.08. The Morgan fingerprint density at radius 2 is 2.05 bits per heavy atom. The lowest BCUT2D eigenvalue weighted by atomic mass is 9.88. The average molecular weight is 285 g/mol. The Morgan fingerprint density at radius 3 is 2.57 bits per heavy atom. The predicted octanol–water partition coefficient (Wildman–Crippen LogP) is 1.92. The highest BCUT2D eigenvalue weighted by Gasteiger charge is 2.54. The van der Waals surface area contributed by atoms with Crippen LogP contribution in [-0.2, 0) is 12.0 Å². The number of aliphatic hydroxyl groups excluding tert-OH is 1. The molecular weight excluding hydrogens is 262 g/mol. The van der Waals surface area contributed by atoms with Crippen molar-refractivity contribution in [3.63, 3.8) is 0 Å². The zero-order valence-corrected chi connectivity index (χ0v) is 13.0. The lowest BCUT2D eigenvalue weighted by Crippen LogP contribution is -2.25. The minimum atomic E-state index is -0.104.